The molecule has 0 spiro atoms. The summed E-state index contributed by atoms with van der Waals surface area (Å²) in [7, 11) is 2.05. The molecule has 1 unspecified atom stereocenters. The topological polar surface area (TPSA) is 56.8 Å². The molecule has 72 valence electrons. The first-order chi connectivity index (χ1) is 6.18. The van der Waals surface area contributed by atoms with Gasteiger partial charge in [0, 0.05) is 6.54 Å². The molecule has 0 bridgehead atoms. The van der Waals surface area contributed by atoms with Crippen molar-refractivity contribution in [1.82, 2.24) is 19.7 Å². The second-order valence-corrected chi connectivity index (χ2v) is 3.82. The van der Waals surface area contributed by atoms with Crippen LogP contribution in [0.5, 0.6) is 0 Å². The van der Waals surface area contributed by atoms with Crippen LogP contribution in [-0.4, -0.2) is 39.8 Å². The molecule has 1 saturated heterocycles. The molecule has 2 rings (SSSR count). The van der Waals surface area contributed by atoms with E-state index in [1.807, 2.05) is 7.05 Å². The number of hydrogen-bond acceptors (Lipinski definition) is 3. The highest BCUT2D eigenvalue weighted by Crippen LogP contribution is 2.17. The average Bonchev–Trinajstić information content (AvgIpc) is 2.60. The van der Waals surface area contributed by atoms with E-state index in [0.717, 1.165) is 19.5 Å². The predicted molar refractivity (Wildman–Crippen MR) is 51.4 cm³/mol. The smallest absolute Gasteiger partial charge is 0.304 e. The largest absolute Gasteiger partial charge is 0.342 e. The van der Waals surface area contributed by atoms with E-state index < -0.39 is 0 Å². The Kier molecular flexibility index (Phi) is 2.09. The van der Waals surface area contributed by atoms with Crippen LogP contribution in [0.2, 0.25) is 0 Å². The Bertz CT molecular complexity index is 376. The van der Waals surface area contributed by atoms with Gasteiger partial charge in [-0.2, -0.15) is 0 Å². The van der Waals surface area contributed by atoms with E-state index >= 15 is 0 Å². The SMILES string of the molecule is CN1CCC(n2c(=O)[nH][nH]c2=S)C1. The van der Waals surface area contributed by atoms with E-state index in [-0.39, 0.29) is 11.7 Å². The van der Waals surface area contributed by atoms with Gasteiger partial charge in [-0.1, -0.05) is 0 Å². The van der Waals surface area contributed by atoms with Crippen molar-refractivity contribution in [3.63, 3.8) is 0 Å². The van der Waals surface area contributed by atoms with Gasteiger partial charge in [-0.05, 0) is 32.2 Å². The van der Waals surface area contributed by atoms with Crippen molar-refractivity contribution in [2.24, 2.45) is 0 Å². The second kappa shape index (κ2) is 3.12. The highest BCUT2D eigenvalue weighted by molar-refractivity contribution is 7.71. The van der Waals surface area contributed by atoms with Crippen molar-refractivity contribution in [1.29, 1.82) is 0 Å². The summed E-state index contributed by atoms with van der Waals surface area (Å²) in [6, 6.07) is 0.229. The Hall–Kier alpha value is -0.880. The fourth-order valence-corrected chi connectivity index (χ4v) is 2.06. The van der Waals surface area contributed by atoms with Crippen LogP contribution in [0.1, 0.15) is 12.5 Å². The van der Waals surface area contributed by atoms with Gasteiger partial charge in [0.1, 0.15) is 0 Å². The van der Waals surface area contributed by atoms with Crippen LogP contribution in [0, 0.1) is 4.77 Å². The van der Waals surface area contributed by atoms with Crippen LogP contribution < -0.4 is 5.69 Å². The molecule has 0 aliphatic carbocycles. The molecule has 0 saturated carbocycles. The van der Waals surface area contributed by atoms with Gasteiger partial charge in [0.05, 0.1) is 6.04 Å². The van der Waals surface area contributed by atoms with Gasteiger partial charge in [-0.25, -0.2) is 9.89 Å². The lowest BCUT2D eigenvalue weighted by atomic mass is 10.3. The highest BCUT2D eigenvalue weighted by atomic mass is 32.1. The number of hydrogen-bond donors (Lipinski definition) is 2. The third-order valence-corrected chi connectivity index (χ3v) is 2.74. The molecule has 1 aromatic rings. The molecular weight excluding hydrogens is 188 g/mol. The summed E-state index contributed by atoms with van der Waals surface area (Å²) in [4.78, 5) is 13.5. The number of aromatic amines is 2. The maximum Gasteiger partial charge on any atom is 0.342 e. The minimum atomic E-state index is -0.134. The van der Waals surface area contributed by atoms with Crippen LogP contribution in [-0.2, 0) is 0 Å². The molecule has 0 aromatic carbocycles. The highest BCUT2D eigenvalue weighted by Gasteiger charge is 2.22. The first-order valence-corrected chi connectivity index (χ1v) is 4.67. The molecule has 2 N–H and O–H groups in total. The van der Waals surface area contributed by atoms with E-state index in [0.29, 0.717) is 4.77 Å². The number of likely N-dealkylation sites (N-methyl/N-ethyl adjacent to an activating group) is 1. The van der Waals surface area contributed by atoms with Crippen LogP contribution in [0.4, 0.5) is 0 Å². The molecule has 5 nitrogen and oxygen atoms in total. The van der Waals surface area contributed by atoms with E-state index in [9.17, 15) is 4.79 Å². The van der Waals surface area contributed by atoms with Crippen LogP contribution >= 0.6 is 12.2 Å². The monoisotopic (exact) mass is 200 g/mol. The van der Waals surface area contributed by atoms with Crippen molar-refractivity contribution in [2.45, 2.75) is 12.5 Å². The van der Waals surface area contributed by atoms with Crippen molar-refractivity contribution < 1.29 is 0 Å². The second-order valence-electron chi connectivity index (χ2n) is 3.44. The summed E-state index contributed by atoms with van der Waals surface area (Å²) in [5.41, 5.74) is -0.134. The lowest BCUT2D eigenvalue weighted by molar-refractivity contribution is 0.389. The minimum Gasteiger partial charge on any atom is -0.304 e. The molecule has 1 aliphatic heterocycles. The Balaban J connectivity index is 2.36. The van der Waals surface area contributed by atoms with Gasteiger partial charge in [0.15, 0.2) is 4.77 Å². The molecule has 1 aliphatic rings. The zero-order valence-electron chi connectivity index (χ0n) is 7.41. The third-order valence-electron chi connectivity index (χ3n) is 2.45. The van der Waals surface area contributed by atoms with Crippen molar-refractivity contribution in [3.05, 3.63) is 15.3 Å². The fourth-order valence-electron chi connectivity index (χ4n) is 1.77. The Morgan fingerprint density at radius 1 is 1.54 bits per heavy atom. The van der Waals surface area contributed by atoms with E-state index in [2.05, 4.69) is 15.1 Å². The molecule has 13 heavy (non-hydrogen) atoms. The Morgan fingerprint density at radius 3 is 2.77 bits per heavy atom. The number of H-pyrrole nitrogens is 2. The van der Waals surface area contributed by atoms with E-state index in [1.54, 1.807) is 4.57 Å². The standard InChI is InChI=1S/C7H12N4OS/c1-10-3-2-5(4-10)11-6(12)8-9-7(11)13/h5H,2-4H2,1H3,(H,8,12)(H,9,13). The lowest BCUT2D eigenvalue weighted by Crippen LogP contribution is -2.24. The number of aromatic nitrogens is 3. The van der Waals surface area contributed by atoms with Gasteiger partial charge in [0.25, 0.3) is 0 Å². The number of likely N-dealkylation sites (tertiary alicyclic amines) is 1. The summed E-state index contributed by atoms with van der Waals surface area (Å²) in [6.45, 7) is 1.92. The molecular formula is C7H12N4OS. The van der Waals surface area contributed by atoms with E-state index in [4.69, 9.17) is 12.2 Å². The molecule has 1 aromatic heterocycles. The summed E-state index contributed by atoms with van der Waals surface area (Å²) < 4.78 is 2.11. The van der Waals surface area contributed by atoms with Crippen LogP contribution in [0.3, 0.4) is 0 Å². The molecule has 6 heteroatoms. The van der Waals surface area contributed by atoms with Crippen LogP contribution in [0.25, 0.3) is 0 Å². The van der Waals surface area contributed by atoms with Crippen molar-refractivity contribution in [2.75, 3.05) is 20.1 Å². The summed E-state index contributed by atoms with van der Waals surface area (Å²) in [6.07, 6.45) is 0.992. The predicted octanol–water partition coefficient (Wildman–Crippen LogP) is 0.111. The zero-order valence-corrected chi connectivity index (χ0v) is 8.23. The minimum absolute atomic E-state index is 0.134. The third kappa shape index (κ3) is 1.47. The average molecular weight is 200 g/mol. The Morgan fingerprint density at radius 2 is 2.31 bits per heavy atom. The normalized spacial score (nSPS) is 23.9. The summed E-state index contributed by atoms with van der Waals surface area (Å²) >= 11 is 5.01. The maximum atomic E-state index is 11.3. The summed E-state index contributed by atoms with van der Waals surface area (Å²) in [5, 5.41) is 5.14. The van der Waals surface area contributed by atoms with Crippen LogP contribution in [0.15, 0.2) is 4.79 Å². The number of nitrogens with one attached hydrogen (secondary N) is 2. The zero-order chi connectivity index (χ0) is 9.42. The van der Waals surface area contributed by atoms with Crippen molar-refractivity contribution in [3.8, 4) is 0 Å². The molecule has 2 heterocycles. The van der Waals surface area contributed by atoms with E-state index in [1.165, 1.54) is 0 Å². The van der Waals surface area contributed by atoms with Crippen molar-refractivity contribution >= 4 is 12.2 Å². The first-order valence-electron chi connectivity index (χ1n) is 4.26. The van der Waals surface area contributed by atoms with Gasteiger partial charge in [-0.3, -0.25) is 9.67 Å². The number of rotatable bonds is 1. The Labute approximate surface area is 80.4 Å². The molecule has 0 radical (unpaired) electrons. The molecule has 0 amide bonds. The van der Waals surface area contributed by atoms with Gasteiger partial charge >= 0.3 is 5.69 Å². The van der Waals surface area contributed by atoms with Gasteiger partial charge < -0.3 is 4.90 Å². The number of nitrogens with zero attached hydrogens (tertiary/aromatic N) is 2. The lowest BCUT2D eigenvalue weighted by Gasteiger charge is -2.09. The quantitative estimate of drug-likeness (QED) is 0.633. The summed E-state index contributed by atoms with van der Waals surface area (Å²) in [5.74, 6) is 0. The maximum absolute atomic E-state index is 11.3. The molecule has 1 fully saturated rings. The molecule has 1 atom stereocenters. The van der Waals surface area contributed by atoms with Gasteiger partial charge in [-0.15, -0.1) is 0 Å². The first kappa shape index (κ1) is 8.71. The fraction of sp³-hybridized carbons (Fsp3) is 0.714. The van der Waals surface area contributed by atoms with Gasteiger partial charge in [0.2, 0.25) is 0 Å².